The minimum Gasteiger partial charge on any atom is -0.370 e. The molecule has 2 N–H and O–H groups in total. The molecule has 1 aromatic rings. The molecule has 0 bridgehead atoms. The van der Waals surface area contributed by atoms with Crippen LogP contribution in [-0.4, -0.2) is 23.5 Å². The predicted molar refractivity (Wildman–Crippen MR) is 74.8 cm³/mol. The number of anilines is 1. The predicted octanol–water partition coefficient (Wildman–Crippen LogP) is 2.68. The minimum atomic E-state index is -0.108. The molecule has 1 rings (SSSR count). The van der Waals surface area contributed by atoms with Gasteiger partial charge in [0.1, 0.15) is 11.5 Å². The molecule has 1 aromatic heterocycles. The standard InChI is InChI=1S/C14H23N3O/c1-5-15-13-8-6-7-12(17-13)14(18)16-11(4)9-10(2)3/h6-8,10-11H,5,9H2,1-4H3,(H,15,17)(H,16,18). The molecule has 1 heterocycles. The second-order valence-corrected chi connectivity index (χ2v) is 4.94. The van der Waals surface area contributed by atoms with Gasteiger partial charge in [-0.2, -0.15) is 0 Å². The third-order valence-corrected chi connectivity index (χ3v) is 2.54. The zero-order chi connectivity index (χ0) is 13.5. The van der Waals surface area contributed by atoms with Crippen LogP contribution in [-0.2, 0) is 0 Å². The molecule has 0 aliphatic rings. The SMILES string of the molecule is CCNc1cccc(C(=O)NC(C)CC(C)C)n1. The van der Waals surface area contributed by atoms with E-state index in [9.17, 15) is 4.79 Å². The molecule has 0 saturated heterocycles. The van der Waals surface area contributed by atoms with Crippen molar-refractivity contribution in [1.82, 2.24) is 10.3 Å². The Labute approximate surface area is 109 Å². The average Bonchev–Trinajstić information content (AvgIpc) is 2.28. The summed E-state index contributed by atoms with van der Waals surface area (Å²) in [5, 5.41) is 6.06. The van der Waals surface area contributed by atoms with Gasteiger partial charge in [0, 0.05) is 12.6 Å². The number of hydrogen-bond acceptors (Lipinski definition) is 3. The summed E-state index contributed by atoms with van der Waals surface area (Å²) in [6, 6.07) is 5.60. The molecule has 1 amide bonds. The van der Waals surface area contributed by atoms with E-state index in [2.05, 4.69) is 29.5 Å². The van der Waals surface area contributed by atoms with Gasteiger partial charge in [-0.1, -0.05) is 19.9 Å². The van der Waals surface area contributed by atoms with Crippen LogP contribution in [0.2, 0.25) is 0 Å². The Morgan fingerprint density at radius 1 is 1.33 bits per heavy atom. The quantitative estimate of drug-likeness (QED) is 0.815. The van der Waals surface area contributed by atoms with Crippen LogP contribution in [0.1, 0.15) is 44.6 Å². The second kappa shape index (κ2) is 6.99. The first-order chi connectivity index (χ1) is 8.52. The van der Waals surface area contributed by atoms with Gasteiger partial charge in [0.2, 0.25) is 0 Å². The molecule has 0 aromatic carbocycles. The maximum Gasteiger partial charge on any atom is 0.270 e. The molecular weight excluding hydrogens is 226 g/mol. The fourth-order valence-corrected chi connectivity index (χ4v) is 1.90. The maximum absolute atomic E-state index is 12.0. The average molecular weight is 249 g/mol. The largest absolute Gasteiger partial charge is 0.370 e. The normalized spacial score (nSPS) is 12.3. The zero-order valence-electron chi connectivity index (χ0n) is 11.7. The monoisotopic (exact) mass is 249 g/mol. The minimum absolute atomic E-state index is 0.108. The van der Waals surface area contributed by atoms with Crippen molar-refractivity contribution in [3.8, 4) is 0 Å². The molecule has 0 spiro atoms. The van der Waals surface area contributed by atoms with Gasteiger partial charge in [-0.05, 0) is 38.3 Å². The summed E-state index contributed by atoms with van der Waals surface area (Å²) < 4.78 is 0. The first kappa shape index (κ1) is 14.5. The van der Waals surface area contributed by atoms with Gasteiger partial charge in [0.25, 0.3) is 5.91 Å². The van der Waals surface area contributed by atoms with Crippen LogP contribution in [0.3, 0.4) is 0 Å². The van der Waals surface area contributed by atoms with Crippen molar-refractivity contribution < 1.29 is 4.79 Å². The molecular formula is C14H23N3O. The number of aromatic nitrogens is 1. The first-order valence-electron chi connectivity index (χ1n) is 6.54. The van der Waals surface area contributed by atoms with Gasteiger partial charge in [-0.25, -0.2) is 4.98 Å². The van der Waals surface area contributed by atoms with E-state index < -0.39 is 0 Å². The second-order valence-electron chi connectivity index (χ2n) is 4.94. The molecule has 0 fully saturated rings. The van der Waals surface area contributed by atoms with Gasteiger partial charge in [-0.3, -0.25) is 4.79 Å². The highest BCUT2D eigenvalue weighted by Gasteiger charge is 2.12. The van der Waals surface area contributed by atoms with Crippen molar-refractivity contribution in [2.24, 2.45) is 5.92 Å². The topological polar surface area (TPSA) is 54.0 Å². The third-order valence-electron chi connectivity index (χ3n) is 2.54. The Kier molecular flexibility index (Phi) is 5.62. The summed E-state index contributed by atoms with van der Waals surface area (Å²) in [6.45, 7) is 9.10. The molecule has 0 aliphatic heterocycles. The zero-order valence-corrected chi connectivity index (χ0v) is 11.7. The molecule has 4 heteroatoms. The lowest BCUT2D eigenvalue weighted by Gasteiger charge is -2.15. The highest BCUT2D eigenvalue weighted by atomic mass is 16.1. The number of nitrogens with one attached hydrogen (secondary N) is 2. The summed E-state index contributed by atoms with van der Waals surface area (Å²) in [5.41, 5.74) is 0.462. The van der Waals surface area contributed by atoms with Crippen molar-refractivity contribution in [1.29, 1.82) is 0 Å². The summed E-state index contributed by atoms with van der Waals surface area (Å²) in [5.74, 6) is 1.20. The Morgan fingerprint density at radius 3 is 2.67 bits per heavy atom. The molecule has 0 saturated carbocycles. The number of amides is 1. The van der Waals surface area contributed by atoms with Crippen molar-refractivity contribution >= 4 is 11.7 Å². The van der Waals surface area contributed by atoms with Gasteiger partial charge in [0.15, 0.2) is 0 Å². The molecule has 0 radical (unpaired) electrons. The molecule has 1 unspecified atom stereocenters. The van der Waals surface area contributed by atoms with Crippen molar-refractivity contribution in [2.45, 2.75) is 40.2 Å². The lowest BCUT2D eigenvalue weighted by molar-refractivity contribution is 0.0931. The maximum atomic E-state index is 12.0. The van der Waals surface area contributed by atoms with E-state index in [-0.39, 0.29) is 11.9 Å². The van der Waals surface area contributed by atoms with E-state index in [1.54, 1.807) is 6.07 Å². The van der Waals surface area contributed by atoms with Crippen LogP contribution in [0.15, 0.2) is 18.2 Å². The molecule has 18 heavy (non-hydrogen) atoms. The van der Waals surface area contributed by atoms with Gasteiger partial charge >= 0.3 is 0 Å². The van der Waals surface area contributed by atoms with E-state index in [1.807, 2.05) is 26.0 Å². The lowest BCUT2D eigenvalue weighted by atomic mass is 10.1. The fourth-order valence-electron chi connectivity index (χ4n) is 1.90. The lowest BCUT2D eigenvalue weighted by Crippen LogP contribution is -2.34. The fraction of sp³-hybridized carbons (Fsp3) is 0.571. The summed E-state index contributed by atoms with van der Waals surface area (Å²) >= 11 is 0. The Balaban J connectivity index is 2.63. The van der Waals surface area contributed by atoms with Gasteiger partial charge < -0.3 is 10.6 Å². The van der Waals surface area contributed by atoms with Crippen LogP contribution in [0.25, 0.3) is 0 Å². The number of rotatable bonds is 6. The number of nitrogens with zero attached hydrogens (tertiary/aromatic N) is 1. The van der Waals surface area contributed by atoms with Crippen LogP contribution < -0.4 is 10.6 Å². The highest BCUT2D eigenvalue weighted by Crippen LogP contribution is 2.07. The van der Waals surface area contributed by atoms with Crippen molar-refractivity contribution in [3.05, 3.63) is 23.9 Å². The third kappa shape index (κ3) is 4.73. The molecule has 1 atom stereocenters. The van der Waals surface area contributed by atoms with Crippen LogP contribution in [0.4, 0.5) is 5.82 Å². The smallest absolute Gasteiger partial charge is 0.270 e. The summed E-state index contributed by atoms with van der Waals surface area (Å²) in [6.07, 6.45) is 0.971. The van der Waals surface area contributed by atoms with E-state index >= 15 is 0 Å². The number of carbonyl (C=O) groups excluding carboxylic acids is 1. The molecule has 100 valence electrons. The Bertz CT molecular complexity index is 390. The summed E-state index contributed by atoms with van der Waals surface area (Å²) in [4.78, 5) is 16.3. The number of hydrogen-bond donors (Lipinski definition) is 2. The highest BCUT2D eigenvalue weighted by molar-refractivity contribution is 5.92. The molecule has 0 aliphatic carbocycles. The van der Waals surface area contributed by atoms with Crippen LogP contribution >= 0.6 is 0 Å². The van der Waals surface area contributed by atoms with E-state index in [0.717, 1.165) is 18.8 Å². The van der Waals surface area contributed by atoms with Gasteiger partial charge in [0.05, 0.1) is 0 Å². The van der Waals surface area contributed by atoms with Gasteiger partial charge in [-0.15, -0.1) is 0 Å². The van der Waals surface area contributed by atoms with Crippen LogP contribution in [0.5, 0.6) is 0 Å². The van der Waals surface area contributed by atoms with Crippen molar-refractivity contribution in [2.75, 3.05) is 11.9 Å². The van der Waals surface area contributed by atoms with E-state index in [0.29, 0.717) is 11.6 Å². The molecule has 4 nitrogen and oxygen atoms in total. The van der Waals surface area contributed by atoms with E-state index in [4.69, 9.17) is 0 Å². The number of pyridine rings is 1. The first-order valence-corrected chi connectivity index (χ1v) is 6.54. The van der Waals surface area contributed by atoms with Crippen molar-refractivity contribution in [3.63, 3.8) is 0 Å². The summed E-state index contributed by atoms with van der Waals surface area (Å²) in [7, 11) is 0. The Morgan fingerprint density at radius 2 is 2.06 bits per heavy atom. The van der Waals surface area contributed by atoms with E-state index in [1.165, 1.54) is 0 Å². The number of carbonyl (C=O) groups is 1. The van der Waals surface area contributed by atoms with Crippen LogP contribution in [0, 0.1) is 5.92 Å². The Hall–Kier alpha value is -1.58.